The average molecular weight is 99.1 g/mol. The van der Waals surface area contributed by atoms with Crippen molar-refractivity contribution in [2.24, 2.45) is 4.99 Å². The minimum Gasteiger partial charge on any atom is -0.378 e. The monoisotopic (exact) mass is 99.1 g/mol. The summed E-state index contributed by atoms with van der Waals surface area (Å²) in [6.45, 7) is 7.23. The first-order valence-electron chi connectivity index (χ1n) is 1.94. The summed E-state index contributed by atoms with van der Waals surface area (Å²) in [5, 5.41) is 0. The molecule has 2 heteroatoms. The van der Waals surface area contributed by atoms with Crippen LogP contribution in [0, 0.1) is 0 Å². The second-order valence-electron chi connectivity index (χ2n) is 1.16. The van der Waals surface area contributed by atoms with Gasteiger partial charge in [0.25, 0.3) is 0 Å². The molecule has 0 bridgehead atoms. The second-order valence-corrected chi connectivity index (χ2v) is 1.16. The molecule has 0 aliphatic rings. The van der Waals surface area contributed by atoms with Gasteiger partial charge in [0.05, 0.1) is 12.3 Å². The van der Waals surface area contributed by atoms with Crippen LogP contribution in [0.3, 0.4) is 0 Å². The van der Waals surface area contributed by atoms with Crippen molar-refractivity contribution < 1.29 is 4.74 Å². The lowest BCUT2D eigenvalue weighted by atomic mass is 10.6. The van der Waals surface area contributed by atoms with E-state index in [-0.39, 0.29) is 0 Å². The summed E-state index contributed by atoms with van der Waals surface area (Å²) >= 11 is 0. The first-order chi connectivity index (χ1) is 3.31. The molecule has 0 aliphatic heterocycles. The van der Waals surface area contributed by atoms with Crippen molar-refractivity contribution >= 4 is 6.72 Å². The fourth-order valence-electron chi connectivity index (χ4n) is 0.212. The summed E-state index contributed by atoms with van der Waals surface area (Å²) < 4.78 is 4.66. The van der Waals surface area contributed by atoms with Gasteiger partial charge in [-0.2, -0.15) is 0 Å². The Morgan fingerprint density at radius 1 is 1.86 bits per heavy atom. The van der Waals surface area contributed by atoms with E-state index in [0.29, 0.717) is 12.3 Å². The van der Waals surface area contributed by atoms with E-state index >= 15 is 0 Å². The lowest BCUT2D eigenvalue weighted by Gasteiger charge is -1.91. The summed E-state index contributed by atoms with van der Waals surface area (Å²) in [4.78, 5) is 3.51. The highest BCUT2D eigenvalue weighted by Gasteiger charge is 1.80. The zero-order valence-corrected chi connectivity index (χ0v) is 4.48. The topological polar surface area (TPSA) is 21.6 Å². The number of ether oxygens (including phenoxy) is 1. The summed E-state index contributed by atoms with van der Waals surface area (Å²) in [7, 11) is 1.59. The van der Waals surface area contributed by atoms with Gasteiger partial charge in [0.1, 0.15) is 0 Å². The molecule has 0 unspecified atom stereocenters. The third-order valence-electron chi connectivity index (χ3n) is 0.535. The zero-order chi connectivity index (χ0) is 5.70. The number of nitrogens with zero attached hydrogens (tertiary/aromatic N) is 1. The van der Waals surface area contributed by atoms with Gasteiger partial charge >= 0.3 is 0 Å². The van der Waals surface area contributed by atoms with Gasteiger partial charge in [-0.25, -0.2) is 0 Å². The summed E-state index contributed by atoms with van der Waals surface area (Å²) in [6, 6.07) is 0. The van der Waals surface area contributed by atoms with E-state index in [1.54, 1.807) is 7.11 Å². The lowest BCUT2D eigenvalue weighted by Crippen LogP contribution is -1.87. The van der Waals surface area contributed by atoms with Crippen LogP contribution in [0.15, 0.2) is 17.3 Å². The van der Waals surface area contributed by atoms with E-state index < -0.39 is 0 Å². The Balaban J connectivity index is 3.17. The maximum absolute atomic E-state index is 4.66. The Morgan fingerprint density at radius 3 is 2.57 bits per heavy atom. The molecule has 40 valence electrons. The zero-order valence-electron chi connectivity index (χ0n) is 4.48. The molecule has 0 spiro atoms. The first-order valence-corrected chi connectivity index (χ1v) is 1.94. The third-order valence-corrected chi connectivity index (χ3v) is 0.535. The lowest BCUT2D eigenvalue weighted by molar-refractivity contribution is 0.225. The Labute approximate surface area is 43.5 Å². The van der Waals surface area contributed by atoms with Gasteiger partial charge in [-0.1, -0.05) is 6.58 Å². The first kappa shape index (κ1) is 6.37. The van der Waals surface area contributed by atoms with Crippen molar-refractivity contribution in [1.29, 1.82) is 0 Å². The molecule has 0 aromatic heterocycles. The van der Waals surface area contributed by atoms with E-state index in [1.165, 1.54) is 0 Å². The molecule has 0 heterocycles. The number of hydrogen-bond acceptors (Lipinski definition) is 2. The van der Waals surface area contributed by atoms with E-state index in [1.807, 2.05) is 0 Å². The molecule has 0 radical (unpaired) electrons. The quantitative estimate of drug-likeness (QED) is 0.480. The minimum atomic E-state index is 0.476. The molecule has 0 aliphatic carbocycles. The molecule has 0 saturated heterocycles. The molecule has 2 nitrogen and oxygen atoms in total. The van der Waals surface area contributed by atoms with Crippen LogP contribution in [-0.4, -0.2) is 20.4 Å². The fraction of sp³-hybridized carbons (Fsp3) is 0.400. The van der Waals surface area contributed by atoms with E-state index in [9.17, 15) is 0 Å². The van der Waals surface area contributed by atoms with Gasteiger partial charge in [0.15, 0.2) is 0 Å². The number of methoxy groups -OCH3 is 1. The number of hydrogen-bond donors (Lipinski definition) is 0. The van der Waals surface area contributed by atoms with Crippen LogP contribution in [0.25, 0.3) is 0 Å². The minimum absolute atomic E-state index is 0.476. The Bertz CT molecular complexity index is 78.1. The van der Waals surface area contributed by atoms with Crippen LogP contribution in [0.4, 0.5) is 0 Å². The largest absolute Gasteiger partial charge is 0.378 e. The highest BCUT2D eigenvalue weighted by molar-refractivity contribution is 5.27. The van der Waals surface area contributed by atoms with Gasteiger partial charge in [-0.15, -0.1) is 0 Å². The van der Waals surface area contributed by atoms with Crippen LogP contribution < -0.4 is 0 Å². The Hall–Kier alpha value is -0.630. The van der Waals surface area contributed by atoms with Gasteiger partial charge in [0.2, 0.25) is 0 Å². The van der Waals surface area contributed by atoms with Gasteiger partial charge in [0, 0.05) is 7.11 Å². The maximum Gasteiger partial charge on any atom is 0.0877 e. The predicted octanol–water partition coefficient (Wildman–Crippen LogP) is 0.847. The Kier molecular flexibility index (Phi) is 3.24. The maximum atomic E-state index is 4.66. The second kappa shape index (κ2) is 3.56. The molecule has 0 fully saturated rings. The summed E-state index contributed by atoms with van der Waals surface area (Å²) in [6.07, 6.45) is 0. The summed E-state index contributed by atoms with van der Waals surface area (Å²) in [5.41, 5.74) is 0.669. The SMILES string of the molecule is C=NC(=C)COC. The van der Waals surface area contributed by atoms with E-state index in [4.69, 9.17) is 0 Å². The predicted molar refractivity (Wildman–Crippen MR) is 30.6 cm³/mol. The van der Waals surface area contributed by atoms with Crippen LogP contribution >= 0.6 is 0 Å². The average Bonchev–Trinajstić information content (AvgIpc) is 1.68. The molecular formula is C5H9NO. The van der Waals surface area contributed by atoms with Gasteiger partial charge < -0.3 is 4.74 Å². The van der Waals surface area contributed by atoms with Crippen LogP contribution in [0.1, 0.15) is 0 Å². The normalized spacial score (nSPS) is 8.14. The molecule has 0 atom stereocenters. The highest BCUT2D eigenvalue weighted by Crippen LogP contribution is 1.87. The van der Waals surface area contributed by atoms with Crippen LogP contribution in [-0.2, 0) is 4.74 Å². The smallest absolute Gasteiger partial charge is 0.0877 e. The van der Waals surface area contributed by atoms with Crippen LogP contribution in [0.2, 0.25) is 0 Å². The molecular weight excluding hydrogens is 90.1 g/mol. The van der Waals surface area contributed by atoms with Gasteiger partial charge in [-0.05, 0) is 6.72 Å². The molecule has 0 aromatic rings. The number of aliphatic imine (C=N–C) groups is 1. The van der Waals surface area contributed by atoms with E-state index in [2.05, 4.69) is 23.0 Å². The molecule has 0 rings (SSSR count). The highest BCUT2D eigenvalue weighted by atomic mass is 16.5. The molecule has 0 N–H and O–H groups in total. The van der Waals surface area contributed by atoms with Crippen LogP contribution in [0.5, 0.6) is 0 Å². The van der Waals surface area contributed by atoms with Crippen molar-refractivity contribution in [2.75, 3.05) is 13.7 Å². The third kappa shape index (κ3) is 3.19. The standard InChI is InChI=1S/C5H9NO/c1-5(6-2)4-7-3/h1-2,4H2,3H3. The molecule has 0 aromatic carbocycles. The van der Waals surface area contributed by atoms with Crippen molar-refractivity contribution in [3.05, 3.63) is 12.3 Å². The molecule has 0 saturated carbocycles. The Morgan fingerprint density at radius 2 is 2.43 bits per heavy atom. The molecule has 0 amide bonds. The fourth-order valence-corrected chi connectivity index (χ4v) is 0.212. The van der Waals surface area contributed by atoms with E-state index in [0.717, 1.165) is 0 Å². The van der Waals surface area contributed by atoms with Gasteiger partial charge in [-0.3, -0.25) is 4.99 Å². The summed E-state index contributed by atoms with van der Waals surface area (Å²) in [5.74, 6) is 0. The van der Waals surface area contributed by atoms with Crippen molar-refractivity contribution in [3.8, 4) is 0 Å². The van der Waals surface area contributed by atoms with Crippen molar-refractivity contribution in [2.45, 2.75) is 0 Å². The van der Waals surface area contributed by atoms with Crippen molar-refractivity contribution in [3.63, 3.8) is 0 Å². The molecule has 7 heavy (non-hydrogen) atoms. The van der Waals surface area contributed by atoms with Crippen molar-refractivity contribution in [1.82, 2.24) is 0 Å². The number of rotatable bonds is 3.